The fourth-order valence-electron chi connectivity index (χ4n) is 15.6. The van der Waals surface area contributed by atoms with Crippen molar-refractivity contribution < 1.29 is 88.6 Å². The number of hydrogen-bond donors (Lipinski definition) is 6. The minimum absolute atomic E-state index is 0.0128. The van der Waals surface area contributed by atoms with E-state index >= 15 is 0 Å². The number of halogens is 9. The van der Waals surface area contributed by atoms with E-state index in [-0.39, 0.29) is 146 Å². The van der Waals surface area contributed by atoms with Crippen LogP contribution >= 0.6 is 0 Å². The molecule has 8 heterocycles. The van der Waals surface area contributed by atoms with Gasteiger partial charge in [-0.15, -0.1) is 0 Å². The molecule has 22 nitrogen and oxygen atoms in total. The van der Waals surface area contributed by atoms with Gasteiger partial charge in [0.15, 0.2) is 34.9 Å². The molecular formula is C64H90F9N11O11S3. The first-order valence-electron chi connectivity index (χ1n) is 33.7. The molecule has 8 fully saturated rings. The van der Waals surface area contributed by atoms with Crippen LogP contribution in [-0.4, -0.2) is 203 Å². The van der Waals surface area contributed by atoms with Crippen LogP contribution in [-0.2, 0) is 58.8 Å². The molecule has 3 unspecified atom stereocenters. The Kier molecular flexibility index (Phi) is 26.2. The third kappa shape index (κ3) is 19.1. The van der Waals surface area contributed by atoms with Gasteiger partial charge in [0, 0.05) is 118 Å². The van der Waals surface area contributed by atoms with Crippen LogP contribution in [0.4, 0.5) is 53.9 Å². The largest absolute Gasteiger partial charge is 0.450 e. The smallest absolute Gasteiger partial charge is 0.407 e. The highest BCUT2D eigenvalue weighted by atomic mass is 32.2. The zero-order valence-corrected chi connectivity index (χ0v) is 57.1. The number of amides is 5. The lowest BCUT2D eigenvalue weighted by Crippen LogP contribution is -2.52. The van der Waals surface area contributed by atoms with Gasteiger partial charge < -0.3 is 52.4 Å². The summed E-state index contributed by atoms with van der Waals surface area (Å²) in [5.74, 6) is -10.3. The molecular weight excluding hydrogens is 1370 g/mol. The van der Waals surface area contributed by atoms with Gasteiger partial charge in [0.25, 0.3) is 0 Å². The average molecular weight is 1460 g/mol. The Bertz CT molecular complexity index is 3600. The Morgan fingerprint density at radius 2 is 0.724 bits per heavy atom. The molecule has 12 atom stereocenters. The molecule has 3 aromatic carbocycles. The maximum absolute atomic E-state index is 14.0. The third-order valence-corrected chi connectivity index (χ3v) is 26.3. The van der Waals surface area contributed by atoms with Crippen molar-refractivity contribution in [1.82, 2.24) is 38.7 Å². The standard InChI is InChI=1S/C22H31F3N4O4S.C22H31F3N4O3S.C20H28F3N3O4S/c23-18-13-20(25)19(24)11-14(18)12-21(26)15-9-16-1-2-17(10-15)29(16)34(31,32)8-3-27-22(30)28-4-6-33-7-5-28;23-18-13-20(25)19(24)11-14(18)12-21(26)15-9-16-3-4-17(10-15)29(16)33(31,32)8-5-27-22(30)28-6-1-2-7-28;1-2-30-20(27)25-5-6-31(28,29)26-14-3-4-15(26)8-13(7-14)19(24)10-12-9-17(22)18(23)11-16(12)21/h11,13,15-17,21H,1-10,12,26H2,(H,27,30);11,13,15-17,21H,1-10,12,26H2,(H,27,30);9,11,13-15,19H,2-8,10,24H2,1H3,(H,25,27)/t2*15?,16-,17+,21-;13?,14-,15+,19-/m111/s1. The monoisotopic (exact) mass is 1460 g/mol. The predicted octanol–water partition coefficient (Wildman–Crippen LogP) is 6.23. The lowest BCUT2D eigenvalue weighted by molar-refractivity contribution is 0.0533. The van der Waals surface area contributed by atoms with E-state index in [1.807, 2.05) is 0 Å². The molecule has 34 heteroatoms. The van der Waals surface area contributed by atoms with Gasteiger partial charge >= 0.3 is 18.2 Å². The van der Waals surface area contributed by atoms with Gasteiger partial charge in [-0.1, -0.05) is 0 Å². The van der Waals surface area contributed by atoms with E-state index in [1.165, 1.54) is 4.31 Å². The van der Waals surface area contributed by atoms with E-state index in [9.17, 15) is 79.2 Å². The quantitative estimate of drug-likeness (QED) is 0.0480. The SMILES string of the molecule is CCOC(=O)NCCS(=O)(=O)N1[C@@H]2CC[C@H]1CC([C@H](N)Cc1cc(F)c(F)cc1F)C2.N[C@H](Cc1cc(F)c(F)cc1F)C1C[C@H]2CC[C@@H](C1)N2S(=O)(=O)CCNC(=O)N1CCCC1.N[C@H](Cc1cc(F)c(F)cc1F)C1C[C@H]2CC[C@@H](C1)N2S(=O)(=O)CCNC(=O)N1CCOCC1. The molecule has 0 aromatic heterocycles. The van der Waals surface area contributed by atoms with Crippen LogP contribution in [0.15, 0.2) is 36.4 Å². The van der Waals surface area contributed by atoms with Crippen LogP contribution in [0.5, 0.6) is 0 Å². The zero-order chi connectivity index (χ0) is 71.0. The molecule has 0 spiro atoms. The number of hydrogen-bond acceptors (Lipinski definition) is 14. The molecule has 8 aliphatic heterocycles. The minimum atomic E-state index is -3.59. The average Bonchev–Trinajstić information content (AvgIpc) is 1.60. The lowest BCUT2D eigenvalue weighted by atomic mass is 9.83. The second kappa shape index (κ2) is 33.5. The van der Waals surface area contributed by atoms with Crippen molar-refractivity contribution >= 4 is 48.2 Å². The van der Waals surface area contributed by atoms with Crippen molar-refractivity contribution in [3.05, 3.63) is 105 Å². The maximum Gasteiger partial charge on any atom is 0.407 e. The Labute approximate surface area is 566 Å². The number of nitrogens with one attached hydrogen (secondary N) is 3. The van der Waals surface area contributed by atoms with Gasteiger partial charge in [0.2, 0.25) is 30.1 Å². The number of nitrogens with zero attached hydrogens (tertiary/aromatic N) is 5. The molecule has 0 radical (unpaired) electrons. The number of ether oxygens (including phenoxy) is 2. The van der Waals surface area contributed by atoms with Gasteiger partial charge in [0.1, 0.15) is 17.5 Å². The molecule has 8 saturated heterocycles. The van der Waals surface area contributed by atoms with Crippen molar-refractivity contribution in [1.29, 1.82) is 0 Å². The van der Waals surface area contributed by atoms with Gasteiger partial charge in [-0.2, -0.15) is 12.9 Å². The second-order valence-electron chi connectivity index (χ2n) is 26.9. The summed E-state index contributed by atoms with van der Waals surface area (Å²) in [6.07, 6.45) is 8.92. The van der Waals surface area contributed by atoms with Crippen molar-refractivity contribution in [2.45, 2.75) is 170 Å². The number of sulfonamides is 3. The molecule has 5 amide bonds. The number of morpholine rings is 1. The van der Waals surface area contributed by atoms with E-state index in [0.29, 0.717) is 122 Å². The van der Waals surface area contributed by atoms with Crippen LogP contribution < -0.4 is 33.2 Å². The Morgan fingerprint density at radius 3 is 1.02 bits per heavy atom. The van der Waals surface area contributed by atoms with Gasteiger partial charge in [-0.25, -0.2) is 79.2 Å². The van der Waals surface area contributed by atoms with Crippen LogP contribution in [0, 0.1) is 70.1 Å². The van der Waals surface area contributed by atoms with E-state index in [4.69, 9.17) is 26.7 Å². The highest BCUT2D eigenvalue weighted by molar-refractivity contribution is 7.89. The number of alkyl carbamates (subject to hydrolysis) is 1. The lowest BCUT2D eigenvalue weighted by Gasteiger charge is -2.40. The predicted molar refractivity (Wildman–Crippen MR) is 344 cm³/mol. The number of carbonyl (C=O) groups is 3. The molecule has 98 heavy (non-hydrogen) atoms. The second-order valence-corrected chi connectivity index (χ2v) is 32.9. The Hall–Kier alpha value is -5.59. The summed E-state index contributed by atoms with van der Waals surface area (Å²) in [6.45, 7) is 5.18. The minimum Gasteiger partial charge on any atom is -0.450 e. The number of piperidine rings is 3. The Balaban J connectivity index is 0.000000172. The Morgan fingerprint density at radius 1 is 0.449 bits per heavy atom. The summed E-state index contributed by atoms with van der Waals surface area (Å²) < 4.78 is 215. The van der Waals surface area contributed by atoms with Crippen molar-refractivity contribution in [2.75, 3.05) is 82.9 Å². The summed E-state index contributed by atoms with van der Waals surface area (Å²) >= 11 is 0. The molecule has 0 saturated carbocycles. The number of likely N-dealkylation sites (tertiary alicyclic amines) is 1. The number of fused-ring (bicyclic) bond motifs is 6. The summed E-state index contributed by atoms with van der Waals surface area (Å²) in [5, 5.41) is 7.80. The molecule has 0 aliphatic carbocycles. The van der Waals surface area contributed by atoms with E-state index in [1.54, 1.807) is 25.3 Å². The number of rotatable bonds is 22. The molecule has 8 aliphatic rings. The topological polar surface area (TPSA) is 302 Å². The molecule has 3 aromatic rings. The van der Waals surface area contributed by atoms with Crippen LogP contribution in [0.3, 0.4) is 0 Å². The van der Waals surface area contributed by atoms with E-state index in [0.717, 1.165) is 43.9 Å². The molecule has 548 valence electrons. The number of benzene rings is 3. The van der Waals surface area contributed by atoms with Gasteiger partial charge in [0.05, 0.1) is 37.1 Å². The van der Waals surface area contributed by atoms with Crippen LogP contribution in [0.2, 0.25) is 0 Å². The fraction of sp³-hybridized carbons (Fsp3) is 0.672. The first-order valence-corrected chi connectivity index (χ1v) is 38.5. The zero-order valence-electron chi connectivity index (χ0n) is 54.7. The first-order chi connectivity index (χ1) is 46.4. The highest BCUT2D eigenvalue weighted by Gasteiger charge is 2.50. The number of urea groups is 2. The summed E-state index contributed by atoms with van der Waals surface area (Å²) in [6, 6.07) is 0.860. The van der Waals surface area contributed by atoms with Crippen molar-refractivity contribution in [3.63, 3.8) is 0 Å². The maximum atomic E-state index is 14.0. The highest BCUT2D eigenvalue weighted by Crippen LogP contribution is 2.45. The van der Waals surface area contributed by atoms with Gasteiger partial charge in [-0.05, 0) is 169 Å². The van der Waals surface area contributed by atoms with Crippen LogP contribution in [0.25, 0.3) is 0 Å². The van der Waals surface area contributed by atoms with E-state index < -0.39 is 107 Å². The molecule has 6 bridgehead atoms. The number of carbonyl (C=O) groups excluding carboxylic acids is 3. The fourth-order valence-corrected chi connectivity index (χ4v) is 21.2. The van der Waals surface area contributed by atoms with Crippen molar-refractivity contribution in [3.8, 4) is 0 Å². The summed E-state index contributed by atoms with van der Waals surface area (Å²) in [7, 11) is -10.7. The molecule has 11 rings (SSSR count). The van der Waals surface area contributed by atoms with Gasteiger partial charge in [-0.3, -0.25) is 0 Å². The summed E-state index contributed by atoms with van der Waals surface area (Å²) in [4.78, 5) is 38.9. The van der Waals surface area contributed by atoms with E-state index in [2.05, 4.69) is 16.0 Å². The van der Waals surface area contributed by atoms with Crippen LogP contribution in [0.1, 0.15) is 114 Å². The summed E-state index contributed by atoms with van der Waals surface area (Å²) in [5.41, 5.74) is 19.0. The number of nitrogens with two attached hydrogens (primary N) is 3. The third-order valence-electron chi connectivity index (χ3n) is 20.4. The van der Waals surface area contributed by atoms with Crippen molar-refractivity contribution in [2.24, 2.45) is 35.0 Å². The molecule has 9 N–H and O–H groups in total. The normalized spacial score (nSPS) is 25.9. The first kappa shape index (κ1) is 76.6.